The SMILES string of the molecule is CCCCN(CCCC)C(=O)C(C)C1(O)CCNCC1.ClC1Cc2ccccc21. The number of amides is 1. The molecule has 0 saturated carbocycles. The molecule has 1 aromatic carbocycles. The molecule has 4 nitrogen and oxygen atoms in total. The van der Waals surface area contributed by atoms with Gasteiger partial charge in [-0.15, -0.1) is 11.6 Å². The maximum absolute atomic E-state index is 12.7. The van der Waals surface area contributed by atoms with Crippen LogP contribution in [0.1, 0.15) is 75.8 Å². The van der Waals surface area contributed by atoms with Crippen LogP contribution in [0.3, 0.4) is 0 Å². The van der Waals surface area contributed by atoms with Crippen molar-refractivity contribution < 1.29 is 9.90 Å². The molecule has 2 aliphatic rings. The van der Waals surface area contributed by atoms with Crippen molar-refractivity contribution in [2.24, 2.45) is 5.92 Å². The monoisotopic (exact) mass is 422 g/mol. The number of fused-ring (bicyclic) bond motifs is 1. The summed E-state index contributed by atoms with van der Waals surface area (Å²) in [5.74, 6) is -0.158. The number of nitrogens with one attached hydrogen (secondary N) is 1. The van der Waals surface area contributed by atoms with Gasteiger partial charge in [0.25, 0.3) is 0 Å². The van der Waals surface area contributed by atoms with Gasteiger partial charge in [0.1, 0.15) is 0 Å². The minimum Gasteiger partial charge on any atom is -0.389 e. The highest BCUT2D eigenvalue weighted by Gasteiger charge is 2.40. The second-order valence-electron chi connectivity index (χ2n) is 8.48. The average Bonchev–Trinajstić information content (AvgIpc) is 2.73. The highest BCUT2D eigenvalue weighted by atomic mass is 35.5. The highest BCUT2D eigenvalue weighted by molar-refractivity contribution is 6.22. The quantitative estimate of drug-likeness (QED) is 0.597. The summed E-state index contributed by atoms with van der Waals surface area (Å²) in [7, 11) is 0. The van der Waals surface area contributed by atoms with Crippen LogP contribution in [0.15, 0.2) is 24.3 Å². The van der Waals surface area contributed by atoms with Crippen LogP contribution in [0.4, 0.5) is 0 Å². The lowest BCUT2D eigenvalue weighted by molar-refractivity contribution is -0.146. The van der Waals surface area contributed by atoms with Crippen molar-refractivity contribution in [2.75, 3.05) is 26.2 Å². The number of hydrogen-bond acceptors (Lipinski definition) is 3. The third-order valence-electron chi connectivity index (χ3n) is 6.31. The predicted molar refractivity (Wildman–Crippen MR) is 121 cm³/mol. The number of carbonyl (C=O) groups excluding carboxylic acids is 1. The Labute approximate surface area is 182 Å². The molecule has 29 heavy (non-hydrogen) atoms. The molecule has 2 unspecified atom stereocenters. The number of aliphatic hydroxyl groups is 1. The fourth-order valence-electron chi connectivity index (χ4n) is 4.02. The summed E-state index contributed by atoms with van der Waals surface area (Å²) < 4.78 is 0. The molecule has 1 fully saturated rings. The predicted octanol–water partition coefficient (Wildman–Crippen LogP) is 4.69. The molecule has 1 heterocycles. The Morgan fingerprint density at radius 3 is 2.28 bits per heavy atom. The molecule has 0 bridgehead atoms. The van der Waals surface area contributed by atoms with Gasteiger partial charge in [0.2, 0.25) is 5.91 Å². The summed E-state index contributed by atoms with van der Waals surface area (Å²) in [6.45, 7) is 9.45. The van der Waals surface area contributed by atoms with Gasteiger partial charge in [0, 0.05) is 13.1 Å². The van der Waals surface area contributed by atoms with Gasteiger partial charge in [0.05, 0.1) is 16.9 Å². The number of benzene rings is 1. The molecule has 0 radical (unpaired) electrons. The van der Waals surface area contributed by atoms with Gasteiger partial charge in [-0.1, -0.05) is 57.9 Å². The van der Waals surface area contributed by atoms with E-state index >= 15 is 0 Å². The minimum atomic E-state index is -0.820. The number of unbranched alkanes of at least 4 members (excludes halogenated alkanes) is 2. The second kappa shape index (κ2) is 11.9. The Morgan fingerprint density at radius 1 is 1.21 bits per heavy atom. The third kappa shape index (κ3) is 6.70. The lowest BCUT2D eigenvalue weighted by Gasteiger charge is -2.39. The Hall–Kier alpha value is -1.10. The summed E-state index contributed by atoms with van der Waals surface area (Å²) in [5, 5.41) is 14.3. The fourth-order valence-corrected chi connectivity index (χ4v) is 4.40. The number of piperidine rings is 1. The van der Waals surface area contributed by atoms with Gasteiger partial charge in [-0.3, -0.25) is 4.79 Å². The van der Waals surface area contributed by atoms with E-state index in [1.54, 1.807) is 0 Å². The van der Waals surface area contributed by atoms with E-state index < -0.39 is 5.60 Å². The molecule has 3 rings (SSSR count). The zero-order valence-electron chi connectivity index (χ0n) is 18.4. The molecule has 5 heteroatoms. The molecular weight excluding hydrogens is 384 g/mol. The van der Waals surface area contributed by atoms with Crippen LogP contribution in [0.25, 0.3) is 0 Å². The summed E-state index contributed by atoms with van der Waals surface area (Å²) in [6, 6.07) is 8.32. The van der Waals surface area contributed by atoms with Crippen LogP contribution in [0, 0.1) is 5.92 Å². The Morgan fingerprint density at radius 2 is 1.79 bits per heavy atom. The molecule has 164 valence electrons. The van der Waals surface area contributed by atoms with E-state index in [2.05, 4.69) is 37.4 Å². The molecule has 1 saturated heterocycles. The molecule has 0 aromatic heterocycles. The molecule has 0 spiro atoms. The molecule has 1 aliphatic heterocycles. The minimum absolute atomic E-state index is 0.135. The first-order valence-electron chi connectivity index (χ1n) is 11.4. The van der Waals surface area contributed by atoms with Crippen molar-refractivity contribution in [3.05, 3.63) is 35.4 Å². The van der Waals surface area contributed by atoms with Gasteiger partial charge in [-0.25, -0.2) is 0 Å². The van der Waals surface area contributed by atoms with Crippen LogP contribution >= 0.6 is 11.6 Å². The number of nitrogens with zero attached hydrogens (tertiary/aromatic N) is 1. The average molecular weight is 423 g/mol. The normalized spacial score (nSPS) is 20.5. The first-order chi connectivity index (χ1) is 13.9. The van der Waals surface area contributed by atoms with Gasteiger partial charge in [-0.2, -0.15) is 0 Å². The first-order valence-corrected chi connectivity index (χ1v) is 11.8. The number of rotatable bonds is 8. The second-order valence-corrected chi connectivity index (χ2v) is 9.00. The fraction of sp³-hybridized carbons (Fsp3) is 0.708. The summed E-state index contributed by atoms with van der Waals surface area (Å²) in [4.78, 5) is 14.7. The Balaban J connectivity index is 0.000000272. The van der Waals surface area contributed by atoms with E-state index in [4.69, 9.17) is 11.6 Å². The molecule has 2 atom stereocenters. The maximum atomic E-state index is 12.7. The van der Waals surface area contributed by atoms with E-state index in [0.29, 0.717) is 18.2 Å². The number of hydrogen-bond donors (Lipinski definition) is 2. The van der Waals surface area contributed by atoms with Crippen molar-refractivity contribution in [3.8, 4) is 0 Å². The summed E-state index contributed by atoms with van der Waals surface area (Å²) in [5.41, 5.74) is 1.91. The number of halogens is 1. The summed E-state index contributed by atoms with van der Waals surface area (Å²) >= 11 is 5.88. The van der Waals surface area contributed by atoms with E-state index in [1.165, 1.54) is 11.1 Å². The molecule has 1 aromatic rings. The van der Waals surface area contributed by atoms with Crippen molar-refractivity contribution in [2.45, 2.75) is 76.7 Å². The van der Waals surface area contributed by atoms with Gasteiger partial charge in [-0.05, 0) is 56.3 Å². The Bertz CT molecular complexity index is 623. The zero-order valence-corrected chi connectivity index (χ0v) is 19.2. The highest BCUT2D eigenvalue weighted by Crippen LogP contribution is 2.37. The summed E-state index contributed by atoms with van der Waals surface area (Å²) in [6.07, 6.45) is 6.68. The zero-order chi connectivity index (χ0) is 21.3. The number of carbonyl (C=O) groups is 1. The van der Waals surface area contributed by atoms with Gasteiger partial charge in [0.15, 0.2) is 0 Å². The van der Waals surface area contributed by atoms with Crippen molar-refractivity contribution >= 4 is 17.5 Å². The van der Waals surface area contributed by atoms with Crippen LogP contribution < -0.4 is 5.32 Å². The molecular formula is C24H39ClN2O2. The van der Waals surface area contributed by atoms with Crippen LogP contribution in [-0.2, 0) is 11.2 Å². The number of alkyl halides is 1. The topological polar surface area (TPSA) is 52.6 Å². The van der Waals surface area contributed by atoms with Crippen molar-refractivity contribution in [1.82, 2.24) is 10.2 Å². The lowest BCUT2D eigenvalue weighted by Crippen LogP contribution is -2.52. The van der Waals surface area contributed by atoms with E-state index in [9.17, 15) is 9.90 Å². The van der Waals surface area contributed by atoms with E-state index in [1.807, 2.05) is 17.9 Å². The largest absolute Gasteiger partial charge is 0.389 e. The maximum Gasteiger partial charge on any atom is 0.228 e. The van der Waals surface area contributed by atoms with E-state index in [-0.39, 0.29) is 11.8 Å². The Kier molecular flexibility index (Phi) is 9.94. The van der Waals surface area contributed by atoms with Crippen molar-refractivity contribution in [1.29, 1.82) is 0 Å². The third-order valence-corrected chi connectivity index (χ3v) is 6.70. The van der Waals surface area contributed by atoms with Gasteiger partial charge >= 0.3 is 0 Å². The molecule has 1 aliphatic carbocycles. The van der Waals surface area contributed by atoms with Crippen LogP contribution in [0.2, 0.25) is 0 Å². The van der Waals surface area contributed by atoms with Crippen molar-refractivity contribution in [3.63, 3.8) is 0 Å². The van der Waals surface area contributed by atoms with Crippen LogP contribution in [-0.4, -0.2) is 47.7 Å². The molecule has 2 N–H and O–H groups in total. The smallest absolute Gasteiger partial charge is 0.228 e. The first kappa shape index (κ1) is 24.2. The van der Waals surface area contributed by atoms with Gasteiger partial charge < -0.3 is 15.3 Å². The van der Waals surface area contributed by atoms with Crippen LogP contribution in [0.5, 0.6) is 0 Å². The lowest BCUT2D eigenvalue weighted by atomic mass is 9.80. The standard InChI is InChI=1S/C16H32N2O2.C8H7Cl/c1-4-6-12-18(13-7-5-2)15(19)14(3)16(20)8-10-17-11-9-16;9-8-5-6-3-1-2-4-7(6)8/h14,17,20H,4-13H2,1-3H3;1-4,8H,5H2. The van der Waals surface area contributed by atoms with E-state index in [0.717, 1.165) is 58.3 Å². The molecule has 1 amide bonds.